The van der Waals surface area contributed by atoms with E-state index in [0.29, 0.717) is 6.04 Å². The van der Waals surface area contributed by atoms with E-state index in [1.165, 1.54) is 12.1 Å². The molecular weight excluding hydrogens is 191 g/mol. The molecular formula is C12H19FN2. The quantitative estimate of drug-likeness (QED) is 0.776. The second-order valence-corrected chi connectivity index (χ2v) is 4.12. The van der Waals surface area contributed by atoms with E-state index in [1.54, 1.807) is 0 Å². The molecule has 84 valence electrons. The molecule has 0 bridgehead atoms. The fourth-order valence-electron chi connectivity index (χ4n) is 1.43. The molecule has 2 atom stereocenters. The summed E-state index contributed by atoms with van der Waals surface area (Å²) in [6.07, 6.45) is 0.896. The van der Waals surface area contributed by atoms with E-state index in [9.17, 15) is 4.39 Å². The molecule has 15 heavy (non-hydrogen) atoms. The Hall–Kier alpha value is -0.930. The molecule has 2 nitrogen and oxygen atoms in total. The Morgan fingerprint density at radius 1 is 1.27 bits per heavy atom. The average molecular weight is 210 g/mol. The zero-order valence-corrected chi connectivity index (χ0v) is 9.33. The minimum atomic E-state index is -0.185. The summed E-state index contributed by atoms with van der Waals surface area (Å²) in [6, 6.07) is 7.15. The van der Waals surface area contributed by atoms with Crippen LogP contribution < -0.4 is 11.1 Å². The molecule has 1 rings (SSSR count). The van der Waals surface area contributed by atoms with Gasteiger partial charge in [0.25, 0.3) is 0 Å². The maximum absolute atomic E-state index is 12.6. The summed E-state index contributed by atoms with van der Waals surface area (Å²) in [5, 5.41) is 3.33. The van der Waals surface area contributed by atoms with Crippen molar-refractivity contribution >= 4 is 0 Å². The standard InChI is InChI=1S/C12H19FN2/c1-9(14)8-15-10(2)7-11-3-5-12(13)6-4-11/h3-6,9-10,15H,7-8,14H2,1-2H3. The third kappa shape index (κ3) is 4.91. The maximum Gasteiger partial charge on any atom is 0.123 e. The van der Waals surface area contributed by atoms with Gasteiger partial charge in [-0.05, 0) is 38.0 Å². The molecule has 0 aliphatic heterocycles. The number of hydrogen-bond acceptors (Lipinski definition) is 2. The molecule has 0 aliphatic rings. The van der Waals surface area contributed by atoms with Gasteiger partial charge in [-0.1, -0.05) is 12.1 Å². The molecule has 1 aromatic carbocycles. The Balaban J connectivity index is 2.37. The van der Waals surface area contributed by atoms with Crippen molar-refractivity contribution in [1.29, 1.82) is 0 Å². The summed E-state index contributed by atoms with van der Waals surface area (Å²) < 4.78 is 12.6. The molecule has 0 heterocycles. The zero-order chi connectivity index (χ0) is 11.3. The molecule has 1 aromatic rings. The molecule has 2 unspecified atom stereocenters. The number of halogens is 1. The second-order valence-electron chi connectivity index (χ2n) is 4.12. The van der Waals surface area contributed by atoms with Crippen LogP contribution in [0.1, 0.15) is 19.4 Å². The third-order valence-electron chi connectivity index (χ3n) is 2.24. The first-order valence-corrected chi connectivity index (χ1v) is 5.31. The minimum Gasteiger partial charge on any atom is -0.327 e. The first-order valence-electron chi connectivity index (χ1n) is 5.31. The van der Waals surface area contributed by atoms with Crippen molar-refractivity contribution in [2.24, 2.45) is 5.73 Å². The van der Waals surface area contributed by atoms with E-state index in [1.807, 2.05) is 19.1 Å². The fourth-order valence-corrected chi connectivity index (χ4v) is 1.43. The first-order chi connectivity index (χ1) is 7.08. The number of nitrogens with one attached hydrogen (secondary N) is 1. The van der Waals surface area contributed by atoms with Crippen LogP contribution in [0, 0.1) is 5.82 Å². The Morgan fingerprint density at radius 3 is 2.40 bits per heavy atom. The van der Waals surface area contributed by atoms with Crippen molar-refractivity contribution in [3.05, 3.63) is 35.6 Å². The molecule has 0 amide bonds. The molecule has 0 aliphatic carbocycles. The van der Waals surface area contributed by atoms with E-state index in [0.717, 1.165) is 18.5 Å². The van der Waals surface area contributed by atoms with Crippen LogP contribution in [0.3, 0.4) is 0 Å². The van der Waals surface area contributed by atoms with Crippen LogP contribution in [-0.4, -0.2) is 18.6 Å². The lowest BCUT2D eigenvalue weighted by Crippen LogP contribution is -2.37. The van der Waals surface area contributed by atoms with Gasteiger partial charge in [-0.3, -0.25) is 0 Å². The Labute approximate surface area is 90.7 Å². The van der Waals surface area contributed by atoms with E-state index in [-0.39, 0.29) is 11.9 Å². The average Bonchev–Trinajstić information content (AvgIpc) is 2.19. The number of hydrogen-bond donors (Lipinski definition) is 2. The monoisotopic (exact) mass is 210 g/mol. The maximum atomic E-state index is 12.6. The van der Waals surface area contributed by atoms with Gasteiger partial charge in [0.15, 0.2) is 0 Å². The predicted octanol–water partition coefficient (Wildman–Crippen LogP) is 1.69. The van der Waals surface area contributed by atoms with Gasteiger partial charge in [0, 0.05) is 18.6 Å². The van der Waals surface area contributed by atoms with Crippen LogP contribution in [-0.2, 0) is 6.42 Å². The molecule has 0 aromatic heterocycles. The lowest BCUT2D eigenvalue weighted by molar-refractivity contribution is 0.514. The van der Waals surface area contributed by atoms with Crippen LogP contribution in [0.15, 0.2) is 24.3 Å². The van der Waals surface area contributed by atoms with Crippen LogP contribution >= 0.6 is 0 Å². The SMILES string of the molecule is CC(N)CNC(C)Cc1ccc(F)cc1. The largest absolute Gasteiger partial charge is 0.327 e. The fraction of sp³-hybridized carbons (Fsp3) is 0.500. The van der Waals surface area contributed by atoms with Gasteiger partial charge in [-0.25, -0.2) is 4.39 Å². The normalized spacial score (nSPS) is 14.9. The van der Waals surface area contributed by atoms with Crippen molar-refractivity contribution in [3.63, 3.8) is 0 Å². The van der Waals surface area contributed by atoms with E-state index in [2.05, 4.69) is 12.2 Å². The van der Waals surface area contributed by atoms with Gasteiger partial charge in [0.2, 0.25) is 0 Å². The lowest BCUT2D eigenvalue weighted by atomic mass is 10.1. The number of rotatable bonds is 5. The van der Waals surface area contributed by atoms with Gasteiger partial charge in [0.05, 0.1) is 0 Å². The van der Waals surface area contributed by atoms with Gasteiger partial charge < -0.3 is 11.1 Å². The van der Waals surface area contributed by atoms with Crippen LogP contribution in [0.5, 0.6) is 0 Å². The van der Waals surface area contributed by atoms with Gasteiger partial charge in [-0.2, -0.15) is 0 Å². The number of benzene rings is 1. The lowest BCUT2D eigenvalue weighted by Gasteiger charge is -2.15. The van der Waals surface area contributed by atoms with E-state index in [4.69, 9.17) is 5.73 Å². The van der Waals surface area contributed by atoms with Gasteiger partial charge in [-0.15, -0.1) is 0 Å². The summed E-state index contributed by atoms with van der Waals surface area (Å²) in [4.78, 5) is 0. The summed E-state index contributed by atoms with van der Waals surface area (Å²) in [5.74, 6) is -0.185. The first kappa shape index (κ1) is 12.1. The van der Waals surface area contributed by atoms with Crippen molar-refractivity contribution in [2.75, 3.05) is 6.54 Å². The molecule has 0 fully saturated rings. The van der Waals surface area contributed by atoms with Crippen molar-refractivity contribution in [1.82, 2.24) is 5.32 Å². The summed E-state index contributed by atoms with van der Waals surface area (Å²) in [6.45, 7) is 4.88. The summed E-state index contributed by atoms with van der Waals surface area (Å²) in [5.41, 5.74) is 6.78. The van der Waals surface area contributed by atoms with E-state index < -0.39 is 0 Å². The highest BCUT2D eigenvalue weighted by atomic mass is 19.1. The van der Waals surface area contributed by atoms with Gasteiger partial charge in [0.1, 0.15) is 5.82 Å². The third-order valence-corrected chi connectivity index (χ3v) is 2.24. The van der Waals surface area contributed by atoms with Crippen molar-refractivity contribution < 1.29 is 4.39 Å². The molecule has 3 heteroatoms. The topological polar surface area (TPSA) is 38.0 Å². The Kier molecular flexibility index (Phi) is 4.72. The van der Waals surface area contributed by atoms with Gasteiger partial charge >= 0.3 is 0 Å². The second kappa shape index (κ2) is 5.83. The predicted molar refractivity (Wildman–Crippen MR) is 61.2 cm³/mol. The number of nitrogens with two attached hydrogens (primary N) is 1. The molecule has 0 saturated carbocycles. The molecule has 0 spiro atoms. The highest BCUT2D eigenvalue weighted by molar-refractivity contribution is 5.16. The highest BCUT2D eigenvalue weighted by Crippen LogP contribution is 2.05. The summed E-state index contributed by atoms with van der Waals surface area (Å²) in [7, 11) is 0. The zero-order valence-electron chi connectivity index (χ0n) is 9.33. The van der Waals surface area contributed by atoms with Crippen LogP contribution in [0.25, 0.3) is 0 Å². The molecule has 0 radical (unpaired) electrons. The summed E-state index contributed by atoms with van der Waals surface area (Å²) >= 11 is 0. The smallest absolute Gasteiger partial charge is 0.123 e. The van der Waals surface area contributed by atoms with Crippen LogP contribution in [0.2, 0.25) is 0 Å². The van der Waals surface area contributed by atoms with Crippen LogP contribution in [0.4, 0.5) is 4.39 Å². The Morgan fingerprint density at radius 2 is 1.87 bits per heavy atom. The van der Waals surface area contributed by atoms with Crippen molar-refractivity contribution in [3.8, 4) is 0 Å². The highest BCUT2D eigenvalue weighted by Gasteiger charge is 2.03. The molecule has 0 saturated heterocycles. The minimum absolute atomic E-state index is 0.167. The Bertz CT molecular complexity index is 282. The molecule has 3 N–H and O–H groups in total. The van der Waals surface area contributed by atoms with E-state index >= 15 is 0 Å². The van der Waals surface area contributed by atoms with Crippen molar-refractivity contribution in [2.45, 2.75) is 32.4 Å².